The van der Waals surface area contributed by atoms with Crippen molar-refractivity contribution in [3.63, 3.8) is 0 Å². The second-order valence-corrected chi connectivity index (χ2v) is 3.52. The van der Waals surface area contributed by atoms with Crippen molar-refractivity contribution in [2.24, 2.45) is 0 Å². The van der Waals surface area contributed by atoms with Crippen LogP contribution in [0.2, 0.25) is 0 Å². The van der Waals surface area contributed by atoms with Gasteiger partial charge in [-0.2, -0.15) is 0 Å². The van der Waals surface area contributed by atoms with Gasteiger partial charge in [0.2, 0.25) is 0 Å². The third-order valence-corrected chi connectivity index (χ3v) is 2.21. The number of aryl methyl sites for hydroxylation is 1. The Morgan fingerprint density at radius 1 is 1.44 bits per heavy atom. The largest absolute Gasteiger partial charge is 0.463 e. The van der Waals surface area contributed by atoms with Crippen molar-refractivity contribution in [1.29, 1.82) is 0 Å². The summed E-state index contributed by atoms with van der Waals surface area (Å²) in [6.07, 6.45) is -1.50. The first-order chi connectivity index (χ1) is 7.56. The van der Waals surface area contributed by atoms with E-state index in [4.69, 9.17) is 4.74 Å². The minimum atomic E-state index is -1.50. The molecule has 0 aliphatic heterocycles. The quantitative estimate of drug-likeness (QED) is 0.578. The molecule has 0 aromatic heterocycles. The van der Waals surface area contributed by atoms with E-state index in [1.165, 1.54) is 0 Å². The molecule has 3 heteroatoms. The van der Waals surface area contributed by atoms with Crippen molar-refractivity contribution in [2.45, 2.75) is 20.0 Å². The lowest BCUT2D eigenvalue weighted by molar-refractivity contribution is -0.139. The maximum Gasteiger partial charge on any atom is 0.336 e. The van der Waals surface area contributed by atoms with Gasteiger partial charge in [0.25, 0.3) is 0 Å². The van der Waals surface area contributed by atoms with Crippen molar-refractivity contribution in [3.8, 4) is 0 Å². The maximum absolute atomic E-state index is 13.8. The number of esters is 1. The van der Waals surface area contributed by atoms with E-state index in [1.807, 2.05) is 6.92 Å². The number of carbonyl (C=O) groups excluding carboxylic acids is 1. The molecule has 1 aromatic rings. The highest BCUT2D eigenvalue weighted by Gasteiger charge is 2.20. The van der Waals surface area contributed by atoms with Gasteiger partial charge in [0.15, 0.2) is 6.17 Å². The van der Waals surface area contributed by atoms with Crippen LogP contribution in [0.4, 0.5) is 4.39 Å². The van der Waals surface area contributed by atoms with Crippen LogP contribution in [0.5, 0.6) is 0 Å². The van der Waals surface area contributed by atoms with Gasteiger partial charge < -0.3 is 4.74 Å². The molecule has 2 nitrogen and oxygen atoms in total. The van der Waals surface area contributed by atoms with E-state index < -0.39 is 12.1 Å². The molecule has 0 saturated heterocycles. The fourth-order valence-corrected chi connectivity index (χ4v) is 1.26. The molecule has 0 spiro atoms. The predicted molar refractivity (Wildman–Crippen MR) is 60.8 cm³/mol. The molecule has 0 aliphatic rings. The lowest BCUT2D eigenvalue weighted by atomic mass is 10.0. The third kappa shape index (κ3) is 2.92. The second kappa shape index (κ2) is 5.45. The van der Waals surface area contributed by atoms with Gasteiger partial charge in [0, 0.05) is 0 Å². The van der Waals surface area contributed by atoms with Gasteiger partial charge in [-0.3, -0.25) is 0 Å². The third-order valence-electron chi connectivity index (χ3n) is 2.21. The van der Waals surface area contributed by atoms with Crippen LogP contribution in [0.1, 0.15) is 24.2 Å². The van der Waals surface area contributed by atoms with Crippen LogP contribution in [0.3, 0.4) is 0 Å². The molecule has 1 unspecified atom stereocenters. The summed E-state index contributed by atoms with van der Waals surface area (Å²) in [5, 5.41) is 0. The van der Waals surface area contributed by atoms with E-state index in [1.54, 1.807) is 31.2 Å². The zero-order valence-electron chi connectivity index (χ0n) is 9.50. The summed E-state index contributed by atoms with van der Waals surface area (Å²) in [6.45, 7) is 7.23. The zero-order chi connectivity index (χ0) is 12.1. The average molecular weight is 222 g/mol. The molecular weight excluding hydrogens is 207 g/mol. The number of hydrogen-bond donors (Lipinski definition) is 0. The topological polar surface area (TPSA) is 26.3 Å². The van der Waals surface area contributed by atoms with Gasteiger partial charge in [-0.05, 0) is 19.4 Å². The van der Waals surface area contributed by atoms with E-state index in [-0.39, 0.29) is 12.2 Å². The van der Waals surface area contributed by atoms with Gasteiger partial charge in [-0.25, -0.2) is 9.18 Å². The standard InChI is InChI=1S/C13H15FO2/c1-4-16-13(15)10(3)12(14)11-7-5-9(2)6-8-11/h5-8,12H,3-4H2,1-2H3. The fourth-order valence-electron chi connectivity index (χ4n) is 1.26. The zero-order valence-corrected chi connectivity index (χ0v) is 9.50. The van der Waals surface area contributed by atoms with Gasteiger partial charge in [0.05, 0.1) is 12.2 Å². The van der Waals surface area contributed by atoms with Crippen LogP contribution in [0.15, 0.2) is 36.4 Å². The number of rotatable bonds is 4. The van der Waals surface area contributed by atoms with Gasteiger partial charge in [-0.1, -0.05) is 36.4 Å². The Bertz CT molecular complexity index is 381. The van der Waals surface area contributed by atoms with Gasteiger partial charge in [0.1, 0.15) is 0 Å². The molecule has 0 fully saturated rings. The Hall–Kier alpha value is -1.64. The molecule has 16 heavy (non-hydrogen) atoms. The fraction of sp³-hybridized carbons (Fsp3) is 0.308. The van der Waals surface area contributed by atoms with Crippen LogP contribution in [0.25, 0.3) is 0 Å². The van der Waals surface area contributed by atoms with Crippen molar-refractivity contribution in [1.82, 2.24) is 0 Å². The highest BCUT2D eigenvalue weighted by Crippen LogP contribution is 2.25. The van der Waals surface area contributed by atoms with Crippen molar-refractivity contribution < 1.29 is 13.9 Å². The normalized spacial score (nSPS) is 11.9. The average Bonchev–Trinajstić information content (AvgIpc) is 2.28. The van der Waals surface area contributed by atoms with E-state index in [0.29, 0.717) is 5.56 Å². The van der Waals surface area contributed by atoms with Crippen molar-refractivity contribution >= 4 is 5.97 Å². The van der Waals surface area contributed by atoms with E-state index >= 15 is 0 Å². The predicted octanol–water partition coefficient (Wildman–Crippen LogP) is 3.12. The summed E-state index contributed by atoms with van der Waals surface area (Å²) in [5.41, 5.74) is 1.30. The Morgan fingerprint density at radius 3 is 2.50 bits per heavy atom. The van der Waals surface area contributed by atoms with E-state index in [0.717, 1.165) is 5.56 Å². The highest BCUT2D eigenvalue weighted by atomic mass is 19.1. The van der Waals surface area contributed by atoms with E-state index in [2.05, 4.69) is 6.58 Å². The Balaban J connectivity index is 2.77. The minimum absolute atomic E-state index is 0.161. The molecule has 0 aliphatic carbocycles. The molecule has 1 atom stereocenters. The number of benzene rings is 1. The van der Waals surface area contributed by atoms with Crippen LogP contribution in [-0.2, 0) is 9.53 Å². The van der Waals surface area contributed by atoms with E-state index in [9.17, 15) is 9.18 Å². The van der Waals surface area contributed by atoms with Crippen molar-refractivity contribution in [3.05, 3.63) is 47.5 Å². The summed E-state index contributed by atoms with van der Waals surface area (Å²) in [7, 11) is 0. The minimum Gasteiger partial charge on any atom is -0.463 e. The Kier molecular flexibility index (Phi) is 4.23. The highest BCUT2D eigenvalue weighted by molar-refractivity contribution is 5.89. The first-order valence-corrected chi connectivity index (χ1v) is 5.12. The number of alkyl halides is 1. The van der Waals surface area contributed by atoms with Crippen molar-refractivity contribution in [2.75, 3.05) is 6.61 Å². The molecule has 86 valence electrons. The molecule has 0 saturated carbocycles. The Labute approximate surface area is 94.7 Å². The van der Waals surface area contributed by atoms with Crippen LogP contribution < -0.4 is 0 Å². The monoisotopic (exact) mass is 222 g/mol. The molecule has 1 rings (SSSR count). The summed E-state index contributed by atoms with van der Waals surface area (Å²) < 4.78 is 18.5. The molecule has 0 radical (unpaired) electrons. The molecule has 0 bridgehead atoms. The van der Waals surface area contributed by atoms with Crippen LogP contribution >= 0.6 is 0 Å². The number of hydrogen-bond acceptors (Lipinski definition) is 2. The van der Waals surface area contributed by atoms with Gasteiger partial charge in [-0.15, -0.1) is 0 Å². The summed E-state index contributed by atoms with van der Waals surface area (Å²) in [6, 6.07) is 6.87. The molecular formula is C13H15FO2. The molecule has 0 N–H and O–H groups in total. The molecule has 0 amide bonds. The Morgan fingerprint density at radius 2 is 2.00 bits per heavy atom. The maximum atomic E-state index is 13.8. The lowest BCUT2D eigenvalue weighted by Crippen LogP contribution is -2.11. The van der Waals surface area contributed by atoms with Crippen LogP contribution in [0, 0.1) is 6.92 Å². The SMILES string of the molecule is C=C(C(=O)OCC)C(F)c1ccc(C)cc1. The number of carbonyl (C=O) groups is 1. The number of halogens is 1. The summed E-state index contributed by atoms with van der Waals surface area (Å²) in [4.78, 5) is 11.3. The smallest absolute Gasteiger partial charge is 0.336 e. The first kappa shape index (κ1) is 12.4. The van der Waals surface area contributed by atoms with Crippen LogP contribution in [-0.4, -0.2) is 12.6 Å². The molecule has 0 heterocycles. The lowest BCUT2D eigenvalue weighted by Gasteiger charge is -2.10. The van der Waals surface area contributed by atoms with Gasteiger partial charge >= 0.3 is 5.97 Å². The second-order valence-electron chi connectivity index (χ2n) is 3.52. The summed E-state index contributed by atoms with van der Waals surface area (Å²) in [5.74, 6) is -0.685. The molecule has 1 aromatic carbocycles. The first-order valence-electron chi connectivity index (χ1n) is 5.12. The number of ether oxygens (including phenoxy) is 1. The summed E-state index contributed by atoms with van der Waals surface area (Å²) >= 11 is 0.